The fourth-order valence-corrected chi connectivity index (χ4v) is 1.25. The van der Waals surface area contributed by atoms with Gasteiger partial charge >= 0.3 is 6.36 Å². The minimum absolute atomic E-state index is 0.0493. The number of rotatable bonds is 3. The summed E-state index contributed by atoms with van der Waals surface area (Å²) in [5, 5.41) is 0. The van der Waals surface area contributed by atoms with Crippen LogP contribution in [0.15, 0.2) is 6.07 Å². The average molecular weight is 256 g/mol. The highest BCUT2D eigenvalue weighted by molar-refractivity contribution is 5.36. The second kappa shape index (κ2) is 4.82. The smallest absolute Gasteiger partial charge is 0.388 e. The maximum Gasteiger partial charge on any atom is 0.574 e. The molecule has 2 N–H and O–H groups in total. The maximum atomic E-state index is 12.4. The van der Waals surface area contributed by atoms with Crippen molar-refractivity contribution in [3.8, 4) is 5.88 Å². The lowest BCUT2D eigenvalue weighted by Gasteiger charge is -2.14. The number of nitrogens with two attached hydrogens (primary N) is 1. The zero-order chi connectivity index (χ0) is 13.2. The van der Waals surface area contributed by atoms with Crippen LogP contribution in [0.4, 0.5) is 22.0 Å². The molecule has 0 radical (unpaired) electrons. The van der Waals surface area contributed by atoms with Gasteiger partial charge < -0.3 is 10.5 Å². The van der Waals surface area contributed by atoms with E-state index in [2.05, 4.69) is 9.72 Å². The second-order valence-corrected chi connectivity index (χ2v) is 3.20. The van der Waals surface area contributed by atoms with E-state index in [1.807, 2.05) is 0 Å². The average Bonchev–Trinajstić information content (AvgIpc) is 2.14. The molecule has 0 aliphatic carbocycles. The highest BCUT2D eigenvalue weighted by atomic mass is 19.4. The molecule has 1 heterocycles. The Morgan fingerprint density at radius 3 is 2.41 bits per heavy atom. The molecule has 0 saturated heterocycles. The van der Waals surface area contributed by atoms with Gasteiger partial charge in [-0.05, 0) is 18.6 Å². The summed E-state index contributed by atoms with van der Waals surface area (Å²) in [6.07, 6.45) is -7.97. The number of aromatic nitrogens is 1. The number of pyridine rings is 1. The predicted molar refractivity (Wildman–Crippen MR) is 48.5 cm³/mol. The third kappa shape index (κ3) is 3.52. The molecule has 1 aromatic rings. The third-order valence-corrected chi connectivity index (χ3v) is 1.97. The molecule has 0 amide bonds. The topological polar surface area (TPSA) is 48.1 Å². The van der Waals surface area contributed by atoms with Gasteiger partial charge in [0.15, 0.2) is 0 Å². The molecule has 0 saturated carbocycles. The van der Waals surface area contributed by atoms with Gasteiger partial charge in [-0.3, -0.25) is 0 Å². The standard InChI is InChI=1S/C9H9F5N2O/c1-4-2-6(7(10)11)16-8(5(4)3-15)17-9(12,13)14/h2,7H,3,15H2,1H3. The van der Waals surface area contributed by atoms with Crippen LogP contribution < -0.4 is 10.5 Å². The van der Waals surface area contributed by atoms with Crippen molar-refractivity contribution >= 4 is 0 Å². The molecule has 1 aromatic heterocycles. The van der Waals surface area contributed by atoms with Crippen LogP contribution in [-0.2, 0) is 6.54 Å². The Bertz CT molecular complexity index is 405. The van der Waals surface area contributed by atoms with E-state index in [0.717, 1.165) is 6.07 Å². The summed E-state index contributed by atoms with van der Waals surface area (Å²) in [5.74, 6) is -0.921. The number of aryl methyl sites for hydroxylation is 1. The van der Waals surface area contributed by atoms with Crippen LogP contribution in [0.1, 0.15) is 23.2 Å². The molecule has 0 aliphatic heterocycles. The Morgan fingerprint density at radius 2 is 2.00 bits per heavy atom. The largest absolute Gasteiger partial charge is 0.574 e. The van der Waals surface area contributed by atoms with Crippen molar-refractivity contribution in [3.05, 3.63) is 22.9 Å². The van der Waals surface area contributed by atoms with Crippen LogP contribution in [-0.4, -0.2) is 11.3 Å². The highest BCUT2D eigenvalue weighted by Crippen LogP contribution is 2.29. The van der Waals surface area contributed by atoms with E-state index in [4.69, 9.17) is 5.73 Å². The molecule has 0 aliphatic rings. The van der Waals surface area contributed by atoms with Gasteiger partial charge in [0.05, 0.1) is 0 Å². The summed E-state index contributed by atoms with van der Waals surface area (Å²) in [4.78, 5) is 3.12. The predicted octanol–water partition coefficient (Wildman–Crippen LogP) is 2.68. The van der Waals surface area contributed by atoms with Crippen LogP contribution in [0, 0.1) is 6.92 Å². The van der Waals surface area contributed by atoms with E-state index >= 15 is 0 Å². The van der Waals surface area contributed by atoms with E-state index in [1.165, 1.54) is 6.92 Å². The first-order chi connectivity index (χ1) is 7.74. The quantitative estimate of drug-likeness (QED) is 0.846. The molecule has 0 bridgehead atoms. The molecule has 3 nitrogen and oxygen atoms in total. The zero-order valence-electron chi connectivity index (χ0n) is 8.68. The van der Waals surface area contributed by atoms with Crippen molar-refractivity contribution in [2.45, 2.75) is 26.3 Å². The van der Waals surface area contributed by atoms with E-state index < -0.39 is 24.4 Å². The lowest BCUT2D eigenvalue weighted by molar-refractivity contribution is -0.276. The number of halogens is 5. The fourth-order valence-electron chi connectivity index (χ4n) is 1.25. The van der Waals surface area contributed by atoms with Crippen molar-refractivity contribution in [2.24, 2.45) is 5.73 Å². The first-order valence-electron chi connectivity index (χ1n) is 4.49. The molecule has 17 heavy (non-hydrogen) atoms. The van der Waals surface area contributed by atoms with Gasteiger partial charge in [-0.15, -0.1) is 13.2 Å². The normalized spacial score (nSPS) is 12.0. The van der Waals surface area contributed by atoms with E-state index in [-0.39, 0.29) is 17.7 Å². The summed E-state index contributed by atoms with van der Waals surface area (Å²) in [6.45, 7) is 1.08. The summed E-state index contributed by atoms with van der Waals surface area (Å²) in [7, 11) is 0. The number of hydrogen-bond acceptors (Lipinski definition) is 3. The van der Waals surface area contributed by atoms with E-state index in [0.29, 0.717) is 0 Å². The van der Waals surface area contributed by atoms with Crippen LogP contribution in [0.2, 0.25) is 0 Å². The van der Waals surface area contributed by atoms with Crippen molar-refractivity contribution < 1.29 is 26.7 Å². The highest BCUT2D eigenvalue weighted by Gasteiger charge is 2.33. The lowest BCUT2D eigenvalue weighted by atomic mass is 10.1. The van der Waals surface area contributed by atoms with Crippen LogP contribution in [0.3, 0.4) is 0 Å². The third-order valence-electron chi connectivity index (χ3n) is 1.97. The van der Waals surface area contributed by atoms with Crippen LogP contribution in [0.5, 0.6) is 5.88 Å². The summed E-state index contributed by atoms with van der Waals surface area (Å²) < 4.78 is 64.4. The van der Waals surface area contributed by atoms with Gasteiger partial charge in [0.1, 0.15) is 5.69 Å². The Kier molecular flexibility index (Phi) is 3.87. The van der Waals surface area contributed by atoms with Crippen molar-refractivity contribution in [2.75, 3.05) is 0 Å². The Balaban J connectivity index is 3.24. The van der Waals surface area contributed by atoms with Crippen molar-refractivity contribution in [1.29, 1.82) is 0 Å². The SMILES string of the molecule is Cc1cc(C(F)F)nc(OC(F)(F)F)c1CN. The molecule has 8 heteroatoms. The molecular formula is C9H9F5N2O. The summed E-state index contributed by atoms with van der Waals surface area (Å²) in [6, 6.07) is 0.982. The first kappa shape index (κ1) is 13.6. The summed E-state index contributed by atoms with van der Waals surface area (Å²) in [5.41, 5.74) is 4.57. The number of hydrogen-bond donors (Lipinski definition) is 1. The molecular weight excluding hydrogens is 247 g/mol. The van der Waals surface area contributed by atoms with Crippen molar-refractivity contribution in [1.82, 2.24) is 4.98 Å². The molecule has 0 spiro atoms. The van der Waals surface area contributed by atoms with Gasteiger partial charge in [-0.1, -0.05) is 0 Å². The molecule has 96 valence electrons. The fraction of sp³-hybridized carbons (Fsp3) is 0.444. The first-order valence-corrected chi connectivity index (χ1v) is 4.49. The van der Waals surface area contributed by atoms with Gasteiger partial charge in [0.2, 0.25) is 5.88 Å². The lowest BCUT2D eigenvalue weighted by Crippen LogP contribution is -2.20. The van der Waals surface area contributed by atoms with Gasteiger partial charge in [-0.2, -0.15) is 0 Å². The Hall–Kier alpha value is -1.44. The van der Waals surface area contributed by atoms with Gasteiger partial charge in [-0.25, -0.2) is 13.8 Å². The maximum absolute atomic E-state index is 12.4. The Labute approximate surface area is 93.4 Å². The van der Waals surface area contributed by atoms with Gasteiger partial charge in [0.25, 0.3) is 6.43 Å². The second-order valence-electron chi connectivity index (χ2n) is 3.20. The molecule has 0 fully saturated rings. The summed E-state index contributed by atoms with van der Waals surface area (Å²) >= 11 is 0. The number of nitrogens with zero attached hydrogens (tertiary/aromatic N) is 1. The molecule has 1 rings (SSSR count). The van der Waals surface area contributed by atoms with Crippen molar-refractivity contribution in [3.63, 3.8) is 0 Å². The molecule has 0 unspecified atom stereocenters. The molecule has 0 aromatic carbocycles. The minimum atomic E-state index is -5.00. The Morgan fingerprint density at radius 1 is 1.41 bits per heavy atom. The minimum Gasteiger partial charge on any atom is -0.388 e. The van der Waals surface area contributed by atoms with Crippen LogP contribution >= 0.6 is 0 Å². The molecule has 0 atom stereocenters. The number of ether oxygens (including phenoxy) is 1. The van der Waals surface area contributed by atoms with Crippen LogP contribution in [0.25, 0.3) is 0 Å². The van der Waals surface area contributed by atoms with Gasteiger partial charge in [0, 0.05) is 12.1 Å². The monoisotopic (exact) mass is 256 g/mol. The van der Waals surface area contributed by atoms with E-state index in [1.54, 1.807) is 0 Å². The van der Waals surface area contributed by atoms with E-state index in [9.17, 15) is 22.0 Å². The number of alkyl halides is 5. The zero-order valence-corrected chi connectivity index (χ0v) is 8.68.